The molecule has 0 atom stereocenters. The molecule has 2 aliphatic heterocycles. The van der Waals surface area contributed by atoms with Crippen LogP contribution in [0.2, 0.25) is 0 Å². The van der Waals surface area contributed by atoms with Gasteiger partial charge in [-0.15, -0.1) is 0 Å². The van der Waals surface area contributed by atoms with E-state index in [1.54, 1.807) is 0 Å². The van der Waals surface area contributed by atoms with Crippen LogP contribution in [0.15, 0.2) is 193 Å². The van der Waals surface area contributed by atoms with E-state index in [9.17, 15) is 0 Å². The Hall–Kier alpha value is -7.75. The highest BCUT2D eigenvalue weighted by atomic mass is 15.2. The summed E-state index contributed by atoms with van der Waals surface area (Å²) >= 11 is 0. The van der Waals surface area contributed by atoms with E-state index in [0.717, 1.165) is 12.8 Å². The molecule has 3 aromatic heterocycles. The fourth-order valence-electron chi connectivity index (χ4n) is 12.2. The molecule has 5 heteroatoms. The fraction of sp³-hybridized carbons (Fsp3) is 0.0508. The van der Waals surface area contributed by atoms with Crippen LogP contribution in [0.5, 0.6) is 0 Å². The van der Waals surface area contributed by atoms with E-state index in [2.05, 4.69) is 211 Å². The average Bonchev–Trinajstić information content (AvgIpc) is 4.00. The minimum atomic E-state index is -0.0493. The van der Waals surface area contributed by atoms with Gasteiger partial charge >= 0.3 is 6.85 Å². The first kappa shape index (κ1) is 34.8. The van der Waals surface area contributed by atoms with Crippen molar-refractivity contribution in [2.45, 2.75) is 19.8 Å². The number of fused-ring (bicyclic) bond motifs is 10. The van der Waals surface area contributed by atoms with Crippen LogP contribution in [0.3, 0.4) is 0 Å². The maximum atomic E-state index is 2.74. The van der Waals surface area contributed by atoms with Gasteiger partial charge in [0.05, 0.1) is 22.2 Å². The first-order valence-electron chi connectivity index (χ1n) is 22.8. The summed E-state index contributed by atoms with van der Waals surface area (Å²) in [6, 6.07) is 64.6. The van der Waals surface area contributed by atoms with Crippen molar-refractivity contribution >= 4 is 113 Å². The number of allylic oxidation sites excluding steroid dienone is 4. The van der Waals surface area contributed by atoms with Gasteiger partial charge in [0, 0.05) is 60.3 Å². The third-order valence-electron chi connectivity index (χ3n) is 15.0. The molecule has 64 heavy (non-hydrogen) atoms. The highest BCUT2D eigenvalue weighted by Crippen LogP contribution is 2.52. The Morgan fingerprint density at radius 3 is 1.98 bits per heavy atom. The van der Waals surface area contributed by atoms with Gasteiger partial charge in [-0.25, -0.2) is 0 Å². The quantitative estimate of drug-likeness (QED) is 0.158. The molecule has 15 rings (SSSR count). The second-order valence-corrected chi connectivity index (χ2v) is 18.5. The largest absolute Gasteiger partial charge is 0.375 e. The van der Waals surface area contributed by atoms with Crippen LogP contribution < -0.4 is 21.3 Å². The minimum absolute atomic E-state index is 0.0493. The van der Waals surface area contributed by atoms with Crippen LogP contribution in [0.25, 0.3) is 104 Å². The summed E-state index contributed by atoms with van der Waals surface area (Å²) in [4.78, 5) is 2.61. The molecule has 0 unspecified atom stereocenters. The number of hydrogen-bond donors (Lipinski definition) is 0. The Morgan fingerprint density at radius 2 is 1.22 bits per heavy atom. The molecule has 296 valence electrons. The van der Waals surface area contributed by atoms with E-state index in [-0.39, 0.29) is 6.85 Å². The van der Waals surface area contributed by atoms with Crippen LogP contribution in [0, 0.1) is 0 Å². The number of hydrogen-bond acceptors (Lipinski definition) is 1. The van der Waals surface area contributed by atoms with Crippen LogP contribution in [0.1, 0.15) is 19.8 Å². The summed E-state index contributed by atoms with van der Waals surface area (Å²) in [6.45, 7) is 2.21. The molecular formula is C59H39B2N3. The zero-order valence-electron chi connectivity index (χ0n) is 35.7. The molecule has 0 spiro atoms. The Kier molecular flexibility index (Phi) is 6.77. The molecule has 3 aliphatic rings. The topological polar surface area (TPSA) is 12.6 Å². The fourth-order valence-corrected chi connectivity index (χ4v) is 12.2. The molecule has 0 amide bonds. The number of anilines is 2. The standard InChI is InChI=1S/C59H39B2N3/c1-34-19-24-41(25-20-34)62(42-26-22-40(60)23-27-42)52-33-46-44-17-10-18-45-53-43-16-9-8-15-37(43)21-28-51(53)64(57(44)45)61-50-32-39(36-13-6-3-7-14-36)30-48-47-29-38(35-11-4-2-5-12-35)31-49-54(52)59(55(46)61)63(56(47)49)58(48)50/h2-19,21-24,26-33H,20,25,60H2,1H3. The van der Waals surface area contributed by atoms with Crippen molar-refractivity contribution in [2.75, 3.05) is 4.90 Å². The van der Waals surface area contributed by atoms with Crippen molar-refractivity contribution in [3.8, 4) is 33.4 Å². The third kappa shape index (κ3) is 4.43. The highest BCUT2D eigenvalue weighted by Gasteiger charge is 2.43. The van der Waals surface area contributed by atoms with Crippen molar-refractivity contribution in [3.05, 3.63) is 193 Å². The molecule has 12 aromatic rings. The van der Waals surface area contributed by atoms with E-state index in [0.29, 0.717) is 0 Å². The Labute approximate surface area is 371 Å². The average molecular weight is 812 g/mol. The molecule has 5 heterocycles. The normalized spacial score (nSPS) is 14.1. The number of nitrogens with zero attached hydrogens (tertiary/aromatic N) is 3. The predicted molar refractivity (Wildman–Crippen MR) is 276 cm³/mol. The van der Waals surface area contributed by atoms with Gasteiger partial charge in [0.15, 0.2) is 0 Å². The zero-order chi connectivity index (χ0) is 41.9. The molecule has 1 aliphatic carbocycles. The van der Waals surface area contributed by atoms with Gasteiger partial charge in [-0.3, -0.25) is 0 Å². The minimum Gasteiger partial charge on any atom is -0.375 e. The van der Waals surface area contributed by atoms with Crippen molar-refractivity contribution in [2.24, 2.45) is 0 Å². The second kappa shape index (κ2) is 12.5. The third-order valence-corrected chi connectivity index (χ3v) is 15.0. The monoisotopic (exact) mass is 811 g/mol. The van der Waals surface area contributed by atoms with Gasteiger partial charge in [-0.1, -0.05) is 145 Å². The number of para-hydroxylation sites is 1. The van der Waals surface area contributed by atoms with Crippen molar-refractivity contribution in [1.82, 2.24) is 8.88 Å². The van der Waals surface area contributed by atoms with Gasteiger partial charge in [0.2, 0.25) is 0 Å². The summed E-state index contributed by atoms with van der Waals surface area (Å²) in [7, 11) is 2.19. The smallest absolute Gasteiger partial charge is 0.333 e. The van der Waals surface area contributed by atoms with Crippen molar-refractivity contribution in [1.29, 1.82) is 0 Å². The van der Waals surface area contributed by atoms with E-state index < -0.39 is 0 Å². The highest BCUT2D eigenvalue weighted by molar-refractivity contribution is 6.91. The SMILES string of the molecule is Bc1ccc(N(C2=CC=C(C)CC2)c2cc3c4c5c2c2cc(-c6ccccc6)cc6c7cc(-c8ccccc8)cc(c7n5c62)B4n2c4ccc5ccccc5c4c4cccc-3c42)cc1. The Morgan fingerprint density at radius 1 is 0.516 bits per heavy atom. The van der Waals surface area contributed by atoms with Gasteiger partial charge < -0.3 is 13.8 Å². The van der Waals surface area contributed by atoms with Crippen molar-refractivity contribution in [3.63, 3.8) is 0 Å². The lowest BCUT2D eigenvalue weighted by molar-refractivity contribution is 0.876. The lowest BCUT2D eigenvalue weighted by Crippen LogP contribution is -2.54. The lowest BCUT2D eigenvalue weighted by Gasteiger charge is -2.35. The second-order valence-electron chi connectivity index (χ2n) is 18.5. The molecular weight excluding hydrogens is 772 g/mol. The first-order valence-corrected chi connectivity index (χ1v) is 22.8. The van der Waals surface area contributed by atoms with E-state index >= 15 is 0 Å². The van der Waals surface area contributed by atoms with E-state index in [4.69, 9.17) is 0 Å². The number of aromatic nitrogens is 2. The molecule has 0 saturated carbocycles. The zero-order valence-corrected chi connectivity index (χ0v) is 35.7. The van der Waals surface area contributed by atoms with E-state index in [1.807, 2.05) is 0 Å². The van der Waals surface area contributed by atoms with Crippen LogP contribution in [0.4, 0.5) is 11.4 Å². The molecule has 0 bridgehead atoms. The molecule has 0 radical (unpaired) electrons. The maximum absolute atomic E-state index is 2.74. The van der Waals surface area contributed by atoms with Crippen LogP contribution in [-0.4, -0.2) is 23.6 Å². The van der Waals surface area contributed by atoms with Crippen LogP contribution >= 0.6 is 0 Å². The molecule has 0 fully saturated rings. The van der Waals surface area contributed by atoms with Gasteiger partial charge in [0.1, 0.15) is 7.85 Å². The lowest BCUT2D eigenvalue weighted by atomic mass is 9.45. The molecule has 9 aromatic carbocycles. The molecule has 0 saturated heterocycles. The summed E-state index contributed by atoms with van der Waals surface area (Å²) < 4.78 is 5.44. The van der Waals surface area contributed by atoms with Gasteiger partial charge in [-0.05, 0) is 118 Å². The Balaban J connectivity index is 1.19. The molecule has 3 nitrogen and oxygen atoms in total. The Bertz CT molecular complexity index is 4080. The number of rotatable bonds is 5. The summed E-state index contributed by atoms with van der Waals surface area (Å²) in [5.74, 6) is 0. The van der Waals surface area contributed by atoms with Gasteiger partial charge in [-0.2, -0.15) is 0 Å². The number of benzene rings is 9. The van der Waals surface area contributed by atoms with Gasteiger partial charge in [0.25, 0.3) is 0 Å². The van der Waals surface area contributed by atoms with E-state index in [1.165, 1.54) is 143 Å². The summed E-state index contributed by atoms with van der Waals surface area (Å²) in [6.07, 6.45) is 6.74. The molecule has 0 N–H and O–H groups in total. The van der Waals surface area contributed by atoms with Crippen LogP contribution in [-0.2, 0) is 0 Å². The first-order chi connectivity index (χ1) is 31.6. The summed E-state index contributed by atoms with van der Waals surface area (Å²) in [5, 5.41) is 10.5. The summed E-state index contributed by atoms with van der Waals surface area (Å²) in [5.41, 5.74) is 23.4. The predicted octanol–water partition coefficient (Wildman–Crippen LogP) is 12.4. The maximum Gasteiger partial charge on any atom is 0.333 e. The van der Waals surface area contributed by atoms with Crippen molar-refractivity contribution < 1.29 is 0 Å².